The van der Waals surface area contributed by atoms with E-state index in [1.807, 2.05) is 58.9 Å². The van der Waals surface area contributed by atoms with Crippen molar-refractivity contribution >= 4 is 64.9 Å². The molecule has 3 aliphatic heterocycles. The number of nitrogens with two attached hydrogens (primary N) is 1. The summed E-state index contributed by atoms with van der Waals surface area (Å²) in [6.07, 6.45) is 8.81. The Morgan fingerprint density at radius 3 is 2.32 bits per heavy atom. The number of aliphatic imine (C=N–C) groups is 2. The normalized spacial score (nSPS) is 20.2. The lowest BCUT2D eigenvalue weighted by atomic mass is 10.0. The summed E-state index contributed by atoms with van der Waals surface area (Å²) < 4.78 is 19.1. The van der Waals surface area contributed by atoms with Crippen molar-refractivity contribution in [3.63, 3.8) is 0 Å². The van der Waals surface area contributed by atoms with Crippen LogP contribution < -0.4 is 21.5 Å². The predicted octanol–water partition coefficient (Wildman–Crippen LogP) is 3.28. The number of pyridine rings is 1. The number of nitrogens with zero attached hydrogens (tertiary/aromatic N) is 8. The van der Waals surface area contributed by atoms with Gasteiger partial charge in [-0.1, -0.05) is 31.0 Å². The molecule has 3 aromatic rings. The molecule has 2 aromatic carbocycles. The van der Waals surface area contributed by atoms with Gasteiger partial charge in [-0.25, -0.2) is 4.99 Å². The van der Waals surface area contributed by atoms with Crippen LogP contribution in [0, 0.1) is 0 Å². The minimum atomic E-state index is -1.29. The smallest absolute Gasteiger partial charge is 0.264 e. The highest BCUT2D eigenvalue weighted by molar-refractivity contribution is 7.86. The zero-order valence-corrected chi connectivity index (χ0v) is 34.6. The van der Waals surface area contributed by atoms with Gasteiger partial charge in [0.25, 0.3) is 17.4 Å². The Hall–Kier alpha value is -5.20. The Morgan fingerprint density at radius 1 is 0.898 bits per heavy atom. The van der Waals surface area contributed by atoms with E-state index in [1.165, 1.54) is 6.34 Å². The Balaban J connectivity index is 0.887. The second kappa shape index (κ2) is 18.4. The van der Waals surface area contributed by atoms with Crippen molar-refractivity contribution in [2.45, 2.75) is 76.0 Å². The summed E-state index contributed by atoms with van der Waals surface area (Å²) in [7, 11) is 5.72. The highest BCUT2D eigenvalue weighted by Crippen LogP contribution is 2.37. The highest BCUT2D eigenvalue weighted by Gasteiger charge is 2.46. The standard InChI is InChI=1S/C42H52N10O6S/c1-47(23-24-48(2)59(58)50-21-19-30(20-22-50)44-25-29-13-18-37(54)51(39(29)45-27-43)32-7-4-5-8-32)26-28-11-14-31(15-12-28)49(3)34-10-6-9-33-38(34)42(57)52(41(33)56)35-16-17-36(53)46-40(35)55/h6,9-15,18,25,27,30,32,35H,4-5,7-8,16-17,19-24,26H2,1-3H3,(H2,43,45)(H,46,53,55)/b44-25-. The first kappa shape index (κ1) is 41.9. The van der Waals surface area contributed by atoms with Gasteiger partial charge in [-0.3, -0.25) is 43.7 Å². The number of fused-ring (bicyclic) bond motifs is 1. The van der Waals surface area contributed by atoms with Crippen molar-refractivity contribution in [1.82, 2.24) is 28.3 Å². The average Bonchev–Trinajstić information content (AvgIpc) is 3.86. The summed E-state index contributed by atoms with van der Waals surface area (Å²) in [4.78, 5) is 78.2. The van der Waals surface area contributed by atoms with Gasteiger partial charge in [0.15, 0.2) is 0 Å². The van der Waals surface area contributed by atoms with Crippen molar-refractivity contribution < 1.29 is 23.7 Å². The Labute approximate surface area is 347 Å². The average molecular weight is 825 g/mol. The number of amides is 4. The number of aromatic nitrogens is 1. The van der Waals surface area contributed by atoms with Gasteiger partial charge in [-0.05, 0) is 75.0 Å². The van der Waals surface area contributed by atoms with Crippen LogP contribution in [0.3, 0.4) is 0 Å². The SMILES string of the molecule is CN(CCN(C)[S+]([O-])N1CCC(/N=C\c2ccc(=O)n(C3CCCC3)c2/N=C/N)CC1)Cc1ccc(N(C)c2cccc3c2C(=O)N(C2CCC(=O)NC2=O)C3=O)cc1. The number of benzene rings is 2. The summed E-state index contributed by atoms with van der Waals surface area (Å²) in [6, 6.07) is 15.5. The molecule has 1 aromatic heterocycles. The van der Waals surface area contributed by atoms with Crippen LogP contribution >= 0.6 is 0 Å². The number of carbonyl (C=O) groups is 4. The van der Waals surface area contributed by atoms with Gasteiger partial charge < -0.3 is 20.1 Å². The van der Waals surface area contributed by atoms with Crippen LogP contribution in [0.25, 0.3) is 0 Å². The molecule has 312 valence electrons. The molecule has 17 heteroatoms. The van der Waals surface area contributed by atoms with E-state index < -0.39 is 41.2 Å². The molecule has 2 unspecified atom stereocenters. The number of piperidine rings is 2. The molecule has 16 nitrogen and oxygen atoms in total. The second-order valence-corrected chi connectivity index (χ2v) is 17.3. The summed E-state index contributed by atoms with van der Waals surface area (Å²) in [5.41, 5.74) is 9.26. The fourth-order valence-corrected chi connectivity index (χ4v) is 9.59. The third kappa shape index (κ3) is 9.04. The van der Waals surface area contributed by atoms with E-state index in [4.69, 9.17) is 10.7 Å². The molecule has 7 rings (SSSR count). The molecule has 0 bridgehead atoms. The molecular weight excluding hydrogens is 773 g/mol. The molecule has 0 radical (unpaired) electrons. The molecule has 3 N–H and O–H groups in total. The van der Waals surface area contributed by atoms with Gasteiger partial charge in [0.1, 0.15) is 23.4 Å². The van der Waals surface area contributed by atoms with Gasteiger partial charge in [0.2, 0.25) is 11.8 Å². The summed E-state index contributed by atoms with van der Waals surface area (Å²) in [5, 5.41) is 2.24. The maximum atomic E-state index is 13.6. The van der Waals surface area contributed by atoms with E-state index in [0.29, 0.717) is 44.2 Å². The molecule has 4 amide bonds. The first-order valence-corrected chi connectivity index (χ1v) is 21.3. The zero-order chi connectivity index (χ0) is 41.8. The predicted molar refractivity (Wildman–Crippen MR) is 227 cm³/mol. The monoisotopic (exact) mass is 824 g/mol. The summed E-state index contributed by atoms with van der Waals surface area (Å²) >= 11 is -1.29. The molecular formula is C42H52N10O6S. The van der Waals surface area contributed by atoms with Gasteiger partial charge in [0, 0.05) is 76.3 Å². The number of imide groups is 2. The highest BCUT2D eigenvalue weighted by atomic mass is 32.2. The maximum absolute atomic E-state index is 13.6. The molecule has 1 saturated carbocycles. The van der Waals surface area contributed by atoms with Crippen molar-refractivity contribution in [3.05, 3.63) is 87.2 Å². The van der Waals surface area contributed by atoms with Crippen molar-refractivity contribution in [1.29, 1.82) is 0 Å². The number of anilines is 2. The first-order chi connectivity index (χ1) is 28.4. The summed E-state index contributed by atoms with van der Waals surface area (Å²) in [5.74, 6) is -1.60. The Bertz CT molecular complexity index is 2180. The molecule has 2 atom stereocenters. The minimum Gasteiger partial charge on any atom is -0.578 e. The number of hydrogen-bond donors (Lipinski definition) is 2. The molecule has 3 fully saturated rings. The van der Waals surface area contributed by atoms with Crippen molar-refractivity contribution in [2.24, 2.45) is 15.7 Å². The Morgan fingerprint density at radius 2 is 1.63 bits per heavy atom. The van der Waals surface area contributed by atoms with Gasteiger partial charge in [-0.2, -0.15) is 0 Å². The first-order valence-electron chi connectivity index (χ1n) is 20.2. The number of carbonyl (C=O) groups excluding carboxylic acids is 4. The van der Waals surface area contributed by atoms with E-state index in [1.54, 1.807) is 41.1 Å². The molecule has 59 heavy (non-hydrogen) atoms. The molecule has 4 aliphatic rings. The largest absolute Gasteiger partial charge is 0.578 e. The number of rotatable bonds is 14. The molecule has 4 heterocycles. The van der Waals surface area contributed by atoms with E-state index in [0.717, 1.165) is 60.2 Å². The third-order valence-corrected chi connectivity index (χ3v) is 13.3. The van der Waals surface area contributed by atoms with Crippen LogP contribution in [-0.4, -0.2) is 123 Å². The fourth-order valence-electron chi connectivity index (χ4n) is 8.43. The number of likely N-dealkylation sites (N-methyl/N-ethyl adjacent to an activating group) is 2. The van der Waals surface area contributed by atoms with E-state index in [9.17, 15) is 28.5 Å². The molecule has 0 spiro atoms. The van der Waals surface area contributed by atoms with Crippen LogP contribution in [0.1, 0.15) is 89.3 Å². The molecule has 2 saturated heterocycles. The van der Waals surface area contributed by atoms with E-state index in [2.05, 4.69) is 15.2 Å². The van der Waals surface area contributed by atoms with Crippen LogP contribution in [0.5, 0.6) is 0 Å². The lowest BCUT2D eigenvalue weighted by Gasteiger charge is -2.33. The van der Waals surface area contributed by atoms with Gasteiger partial charge >= 0.3 is 0 Å². The lowest BCUT2D eigenvalue weighted by Crippen LogP contribution is -2.54. The van der Waals surface area contributed by atoms with Crippen LogP contribution in [-0.2, 0) is 27.7 Å². The van der Waals surface area contributed by atoms with Crippen LogP contribution in [0.2, 0.25) is 0 Å². The van der Waals surface area contributed by atoms with E-state index in [-0.39, 0.29) is 41.6 Å². The second-order valence-electron chi connectivity index (χ2n) is 15.7. The third-order valence-electron chi connectivity index (χ3n) is 11.7. The minimum absolute atomic E-state index is 0.0581. The van der Waals surface area contributed by atoms with E-state index >= 15 is 0 Å². The maximum Gasteiger partial charge on any atom is 0.264 e. The van der Waals surface area contributed by atoms with Gasteiger partial charge in [-0.15, -0.1) is 8.61 Å². The quantitative estimate of drug-likeness (QED) is 0.105. The topological polar surface area (TPSA) is 192 Å². The zero-order valence-electron chi connectivity index (χ0n) is 33.8. The lowest BCUT2D eigenvalue weighted by molar-refractivity contribution is -0.136. The summed E-state index contributed by atoms with van der Waals surface area (Å²) in [6.45, 7) is 3.26. The van der Waals surface area contributed by atoms with Crippen molar-refractivity contribution in [2.75, 3.05) is 52.2 Å². The number of hydrogen-bond acceptors (Lipinski definition) is 12. The van der Waals surface area contributed by atoms with Crippen molar-refractivity contribution in [3.8, 4) is 0 Å². The number of nitrogens with one attached hydrogen (secondary N) is 1. The Kier molecular flexibility index (Phi) is 13.1. The fraction of sp³-hybridized carbons (Fsp3) is 0.452. The van der Waals surface area contributed by atoms with Crippen LogP contribution in [0.4, 0.5) is 17.2 Å². The molecule has 1 aliphatic carbocycles. The van der Waals surface area contributed by atoms with Crippen LogP contribution in [0.15, 0.2) is 69.4 Å². The van der Waals surface area contributed by atoms with Gasteiger partial charge in [0.05, 0.1) is 35.7 Å².